The Kier molecular flexibility index (Phi) is 5.78. The second kappa shape index (κ2) is 7.58. The van der Waals surface area contributed by atoms with E-state index in [9.17, 15) is 9.18 Å². The summed E-state index contributed by atoms with van der Waals surface area (Å²) in [5.41, 5.74) is -0.180. The molecule has 0 radical (unpaired) electrons. The summed E-state index contributed by atoms with van der Waals surface area (Å²) in [7, 11) is -0.745. The first-order chi connectivity index (χ1) is 13.3. The molecule has 3 rings (SSSR count). The third-order valence-electron chi connectivity index (χ3n) is 6.07. The highest BCUT2D eigenvalue weighted by molar-refractivity contribution is 6.62. The van der Waals surface area contributed by atoms with Gasteiger partial charge < -0.3 is 18.9 Å². The van der Waals surface area contributed by atoms with Gasteiger partial charge in [-0.1, -0.05) is 12.1 Å². The summed E-state index contributed by atoms with van der Waals surface area (Å²) in [6.07, 6.45) is 1.52. The van der Waals surface area contributed by atoms with Crippen molar-refractivity contribution in [2.75, 3.05) is 13.1 Å². The lowest BCUT2D eigenvalue weighted by Gasteiger charge is -2.34. The van der Waals surface area contributed by atoms with Crippen molar-refractivity contribution in [3.63, 3.8) is 0 Å². The predicted octanol–water partition coefficient (Wildman–Crippen LogP) is 4.24. The number of carbonyl (C=O) groups excluding carboxylic acids is 1. The number of amides is 1. The summed E-state index contributed by atoms with van der Waals surface area (Å²) in [5.74, 6) is -0.218. The van der Waals surface area contributed by atoms with Crippen molar-refractivity contribution in [3.05, 3.63) is 29.6 Å². The molecule has 1 unspecified atom stereocenters. The van der Waals surface area contributed by atoms with Crippen LogP contribution in [-0.4, -0.2) is 48.0 Å². The molecule has 1 aromatic carbocycles. The van der Waals surface area contributed by atoms with E-state index >= 15 is 0 Å². The van der Waals surface area contributed by atoms with Gasteiger partial charge in [0.2, 0.25) is 0 Å². The van der Waals surface area contributed by atoms with Gasteiger partial charge in [0.1, 0.15) is 11.4 Å². The van der Waals surface area contributed by atoms with Crippen LogP contribution in [0.1, 0.15) is 72.8 Å². The van der Waals surface area contributed by atoms with Crippen LogP contribution < -0.4 is 5.46 Å². The topological polar surface area (TPSA) is 48.0 Å². The second-order valence-corrected chi connectivity index (χ2v) is 10.1. The zero-order valence-electron chi connectivity index (χ0n) is 18.7. The van der Waals surface area contributed by atoms with Gasteiger partial charge in [0.25, 0.3) is 0 Å². The zero-order valence-corrected chi connectivity index (χ0v) is 18.7. The Labute approximate surface area is 174 Å². The smallest absolute Gasteiger partial charge is 0.444 e. The third kappa shape index (κ3) is 4.77. The number of likely N-dealkylation sites (tertiary alicyclic amines) is 1. The van der Waals surface area contributed by atoms with Crippen molar-refractivity contribution in [1.29, 1.82) is 0 Å². The molecule has 0 aromatic heterocycles. The van der Waals surface area contributed by atoms with Crippen molar-refractivity contribution in [2.24, 2.45) is 0 Å². The molecule has 160 valence electrons. The second-order valence-electron chi connectivity index (χ2n) is 10.1. The van der Waals surface area contributed by atoms with Gasteiger partial charge in [-0.3, -0.25) is 0 Å². The molecule has 2 aliphatic rings. The van der Waals surface area contributed by atoms with E-state index in [1.807, 2.05) is 54.5 Å². The Morgan fingerprint density at radius 3 is 2.41 bits per heavy atom. The van der Waals surface area contributed by atoms with Gasteiger partial charge in [-0.05, 0) is 72.9 Å². The van der Waals surface area contributed by atoms with Crippen molar-refractivity contribution in [3.8, 4) is 0 Å². The molecule has 0 spiro atoms. The summed E-state index contributed by atoms with van der Waals surface area (Å²) >= 11 is 0. The number of rotatable bonds is 2. The van der Waals surface area contributed by atoms with Crippen LogP contribution in [0.25, 0.3) is 0 Å². The van der Waals surface area contributed by atoms with Crippen LogP contribution in [0.3, 0.4) is 0 Å². The van der Waals surface area contributed by atoms with Gasteiger partial charge in [0.05, 0.1) is 11.2 Å². The van der Waals surface area contributed by atoms with Gasteiger partial charge in [-0.15, -0.1) is 0 Å². The molecule has 2 saturated heterocycles. The SMILES string of the molecule is CC(C)(C)OC(=O)N1CCCC(c2ccc(F)c(B3OC(C)(C)C(C)(C)O3)c2)C1. The van der Waals surface area contributed by atoms with E-state index in [-0.39, 0.29) is 17.8 Å². The van der Waals surface area contributed by atoms with Gasteiger partial charge in [0, 0.05) is 24.5 Å². The molecule has 0 aliphatic carbocycles. The average molecular weight is 405 g/mol. The summed E-state index contributed by atoms with van der Waals surface area (Å²) in [4.78, 5) is 14.2. The van der Waals surface area contributed by atoms with Gasteiger partial charge in [-0.25, -0.2) is 9.18 Å². The number of piperidine rings is 1. The van der Waals surface area contributed by atoms with Crippen LogP contribution in [0.15, 0.2) is 18.2 Å². The van der Waals surface area contributed by atoms with Crippen molar-refractivity contribution >= 4 is 18.7 Å². The fourth-order valence-corrected chi connectivity index (χ4v) is 3.71. The molecular formula is C22H33BFNO4. The molecule has 0 saturated carbocycles. The highest BCUT2D eigenvalue weighted by atomic mass is 19.1. The maximum absolute atomic E-state index is 14.6. The lowest BCUT2D eigenvalue weighted by atomic mass is 9.76. The van der Waals surface area contributed by atoms with E-state index in [1.165, 1.54) is 6.07 Å². The minimum Gasteiger partial charge on any atom is -0.444 e. The Morgan fingerprint density at radius 1 is 1.21 bits per heavy atom. The first-order valence-electron chi connectivity index (χ1n) is 10.4. The van der Waals surface area contributed by atoms with E-state index in [4.69, 9.17) is 14.0 Å². The maximum Gasteiger partial charge on any atom is 0.497 e. The monoisotopic (exact) mass is 405 g/mol. The molecule has 7 heteroatoms. The first-order valence-corrected chi connectivity index (χ1v) is 10.4. The number of carbonyl (C=O) groups is 1. The van der Waals surface area contributed by atoms with E-state index < -0.39 is 23.9 Å². The summed E-state index contributed by atoms with van der Waals surface area (Å²) < 4.78 is 32.2. The van der Waals surface area contributed by atoms with Crippen molar-refractivity contribution in [1.82, 2.24) is 4.90 Å². The standard InChI is InChI=1S/C22H33BFNO4/c1-20(2,3)27-19(26)25-12-8-9-16(14-25)15-10-11-18(24)17(13-15)23-28-21(4,5)22(6,7)29-23/h10-11,13,16H,8-9,12,14H2,1-7H3. The molecular weight excluding hydrogens is 372 g/mol. The Bertz CT molecular complexity index is 759. The van der Waals surface area contributed by atoms with E-state index in [2.05, 4.69) is 0 Å². The lowest BCUT2D eigenvalue weighted by Crippen LogP contribution is -2.42. The zero-order chi connectivity index (χ0) is 21.6. The maximum atomic E-state index is 14.6. The van der Waals surface area contributed by atoms with Crippen molar-refractivity contribution in [2.45, 2.75) is 84.0 Å². The number of ether oxygens (including phenoxy) is 1. The minimum absolute atomic E-state index is 0.123. The fourth-order valence-electron chi connectivity index (χ4n) is 3.71. The molecule has 0 N–H and O–H groups in total. The number of halogens is 1. The summed E-state index contributed by atoms with van der Waals surface area (Å²) in [6, 6.07) is 5.11. The molecule has 2 heterocycles. The molecule has 1 amide bonds. The fraction of sp³-hybridized carbons (Fsp3) is 0.682. The molecule has 0 bridgehead atoms. The molecule has 5 nitrogen and oxygen atoms in total. The van der Waals surface area contributed by atoms with E-state index in [0.717, 1.165) is 18.4 Å². The van der Waals surface area contributed by atoms with Gasteiger partial charge in [0.15, 0.2) is 0 Å². The average Bonchev–Trinajstić information content (AvgIpc) is 2.81. The normalized spacial score (nSPS) is 23.9. The third-order valence-corrected chi connectivity index (χ3v) is 6.07. The lowest BCUT2D eigenvalue weighted by molar-refractivity contribution is 0.00578. The largest absolute Gasteiger partial charge is 0.497 e. The van der Waals surface area contributed by atoms with E-state index in [1.54, 1.807) is 11.0 Å². The van der Waals surface area contributed by atoms with Crippen LogP contribution in [0.2, 0.25) is 0 Å². The van der Waals surface area contributed by atoms with Gasteiger partial charge in [-0.2, -0.15) is 0 Å². The van der Waals surface area contributed by atoms with Crippen LogP contribution in [0.4, 0.5) is 9.18 Å². The predicted molar refractivity (Wildman–Crippen MR) is 112 cm³/mol. The highest BCUT2D eigenvalue weighted by Crippen LogP contribution is 2.37. The quantitative estimate of drug-likeness (QED) is 0.691. The molecule has 1 atom stereocenters. The molecule has 2 aliphatic heterocycles. The number of hydrogen-bond donors (Lipinski definition) is 0. The minimum atomic E-state index is -0.745. The van der Waals surface area contributed by atoms with Crippen LogP contribution in [0.5, 0.6) is 0 Å². The van der Waals surface area contributed by atoms with E-state index in [0.29, 0.717) is 18.6 Å². The van der Waals surface area contributed by atoms with Crippen LogP contribution >= 0.6 is 0 Å². The molecule has 29 heavy (non-hydrogen) atoms. The summed E-state index contributed by atoms with van der Waals surface area (Å²) in [5, 5.41) is 0. The van der Waals surface area contributed by atoms with Crippen molar-refractivity contribution < 1.29 is 23.2 Å². The Balaban J connectivity index is 1.78. The number of benzene rings is 1. The Morgan fingerprint density at radius 2 is 1.83 bits per heavy atom. The number of hydrogen-bond acceptors (Lipinski definition) is 4. The molecule has 2 fully saturated rings. The number of nitrogens with zero attached hydrogens (tertiary/aromatic N) is 1. The first kappa shape index (κ1) is 22.1. The summed E-state index contributed by atoms with van der Waals surface area (Å²) in [6.45, 7) is 14.6. The van der Waals surface area contributed by atoms with Gasteiger partial charge >= 0.3 is 13.2 Å². The van der Waals surface area contributed by atoms with Crippen LogP contribution in [0, 0.1) is 5.82 Å². The van der Waals surface area contributed by atoms with Crippen LogP contribution in [-0.2, 0) is 14.0 Å². The Hall–Kier alpha value is -1.60. The molecule has 1 aromatic rings. The highest BCUT2D eigenvalue weighted by Gasteiger charge is 2.52.